The highest BCUT2D eigenvalue weighted by Crippen LogP contribution is 2.42. The fourth-order valence-corrected chi connectivity index (χ4v) is 5.52. The summed E-state index contributed by atoms with van der Waals surface area (Å²) in [4.78, 5) is 4.80. The molecule has 1 aliphatic carbocycles. The molecule has 2 aromatic rings. The molecule has 2 heterocycles. The van der Waals surface area contributed by atoms with Crippen molar-refractivity contribution in [1.29, 1.82) is 10.5 Å². The van der Waals surface area contributed by atoms with Gasteiger partial charge in [-0.3, -0.25) is 4.90 Å². The van der Waals surface area contributed by atoms with Crippen LogP contribution in [0.4, 0.5) is 5.69 Å². The number of nitriles is 2. The summed E-state index contributed by atoms with van der Waals surface area (Å²) in [5, 5.41) is 22.8. The molecule has 5 rings (SSSR count). The van der Waals surface area contributed by atoms with E-state index in [0.717, 1.165) is 44.7 Å². The van der Waals surface area contributed by atoms with Crippen molar-refractivity contribution in [2.24, 2.45) is 0 Å². The maximum Gasteiger partial charge on any atom is 0.101 e. The van der Waals surface area contributed by atoms with Crippen molar-refractivity contribution in [3.8, 4) is 12.1 Å². The Balaban J connectivity index is 1.16. The van der Waals surface area contributed by atoms with Crippen LogP contribution in [0.1, 0.15) is 42.7 Å². The minimum Gasteiger partial charge on any atom is -0.367 e. The zero-order valence-electron chi connectivity index (χ0n) is 17.9. The van der Waals surface area contributed by atoms with Crippen LogP contribution in [0.15, 0.2) is 54.6 Å². The van der Waals surface area contributed by atoms with Crippen molar-refractivity contribution < 1.29 is 0 Å². The molecule has 1 N–H and O–H groups in total. The second-order valence-electron chi connectivity index (χ2n) is 9.33. The molecule has 5 heteroatoms. The number of hydrogen-bond acceptors (Lipinski definition) is 5. The van der Waals surface area contributed by atoms with Gasteiger partial charge < -0.3 is 10.2 Å². The zero-order valence-corrected chi connectivity index (χ0v) is 17.9. The number of anilines is 1. The van der Waals surface area contributed by atoms with Crippen LogP contribution in [0, 0.1) is 22.7 Å². The first-order chi connectivity index (χ1) is 15.2. The van der Waals surface area contributed by atoms with Crippen molar-refractivity contribution >= 4 is 5.69 Å². The van der Waals surface area contributed by atoms with Crippen molar-refractivity contribution in [2.45, 2.75) is 49.2 Å². The molecule has 0 bridgehead atoms. The molecule has 2 aromatic carbocycles. The van der Waals surface area contributed by atoms with Crippen LogP contribution in [0.3, 0.4) is 0 Å². The Morgan fingerprint density at radius 1 is 0.968 bits per heavy atom. The van der Waals surface area contributed by atoms with E-state index < -0.39 is 0 Å². The largest absolute Gasteiger partial charge is 0.367 e. The molecule has 0 aromatic heterocycles. The van der Waals surface area contributed by atoms with Gasteiger partial charge in [0.2, 0.25) is 0 Å². The normalized spacial score (nSPS) is 25.3. The molecule has 3 fully saturated rings. The molecule has 31 heavy (non-hydrogen) atoms. The molecule has 2 saturated heterocycles. The van der Waals surface area contributed by atoms with Crippen LogP contribution < -0.4 is 10.2 Å². The maximum absolute atomic E-state index is 9.51. The Labute approximate surface area is 184 Å². The molecule has 1 saturated carbocycles. The van der Waals surface area contributed by atoms with E-state index in [1.165, 1.54) is 12.0 Å². The van der Waals surface area contributed by atoms with E-state index in [2.05, 4.69) is 57.6 Å². The molecule has 2 atom stereocenters. The lowest BCUT2D eigenvalue weighted by atomic mass is 9.82. The van der Waals surface area contributed by atoms with Gasteiger partial charge in [-0.15, -0.1) is 0 Å². The minimum absolute atomic E-state index is 0.0750. The molecule has 2 aliphatic heterocycles. The Kier molecular flexibility index (Phi) is 5.40. The van der Waals surface area contributed by atoms with Crippen LogP contribution >= 0.6 is 0 Å². The second kappa shape index (κ2) is 8.35. The monoisotopic (exact) mass is 411 g/mol. The summed E-state index contributed by atoms with van der Waals surface area (Å²) in [5.41, 5.74) is 3.09. The third-order valence-electron chi connectivity index (χ3n) is 7.38. The number of likely N-dealkylation sites (tertiary alicyclic amines) is 1. The van der Waals surface area contributed by atoms with E-state index in [-0.39, 0.29) is 5.54 Å². The number of nitrogens with zero attached hydrogens (tertiary/aromatic N) is 4. The molecule has 0 spiro atoms. The number of nitrogens with one attached hydrogen (secondary N) is 1. The molecular weight excluding hydrogens is 382 g/mol. The van der Waals surface area contributed by atoms with E-state index in [9.17, 15) is 10.5 Å². The highest BCUT2D eigenvalue weighted by atomic mass is 15.4. The lowest BCUT2D eigenvalue weighted by Gasteiger charge is -2.57. The van der Waals surface area contributed by atoms with Gasteiger partial charge in [0.15, 0.2) is 0 Å². The standard InChI is InChI=1S/C26H29N5/c27-13-12-26(18-30(19-26)25-9-5-4-8-21(25)17-28)31-14-10-22(11-15-31)29-24-16-23(24)20-6-2-1-3-7-20/h1-9,22-24,29H,10-12,14-16,18-19H2. The van der Waals surface area contributed by atoms with Crippen molar-refractivity contribution in [1.82, 2.24) is 10.2 Å². The summed E-state index contributed by atoms with van der Waals surface area (Å²) in [6, 6.07) is 24.6. The Morgan fingerprint density at radius 3 is 2.39 bits per heavy atom. The van der Waals surface area contributed by atoms with E-state index in [0.29, 0.717) is 30.0 Å². The first-order valence-corrected chi connectivity index (χ1v) is 11.4. The molecule has 0 radical (unpaired) electrons. The Morgan fingerprint density at radius 2 is 1.68 bits per heavy atom. The first-order valence-electron chi connectivity index (χ1n) is 11.4. The lowest BCUT2D eigenvalue weighted by molar-refractivity contribution is 0.0357. The maximum atomic E-state index is 9.51. The number of piperidine rings is 1. The van der Waals surface area contributed by atoms with Crippen molar-refractivity contribution in [3.05, 3.63) is 65.7 Å². The van der Waals surface area contributed by atoms with Gasteiger partial charge >= 0.3 is 0 Å². The van der Waals surface area contributed by atoms with Gasteiger partial charge in [0, 0.05) is 44.2 Å². The molecule has 5 nitrogen and oxygen atoms in total. The number of hydrogen-bond donors (Lipinski definition) is 1. The van der Waals surface area contributed by atoms with Gasteiger partial charge in [0.25, 0.3) is 0 Å². The summed E-state index contributed by atoms with van der Waals surface area (Å²) < 4.78 is 0. The van der Waals surface area contributed by atoms with Crippen LogP contribution in [0.2, 0.25) is 0 Å². The second-order valence-corrected chi connectivity index (χ2v) is 9.33. The molecule has 3 aliphatic rings. The van der Waals surface area contributed by atoms with Crippen molar-refractivity contribution in [3.63, 3.8) is 0 Å². The molecule has 2 unspecified atom stereocenters. The number of rotatable bonds is 6. The minimum atomic E-state index is -0.0750. The van der Waals surface area contributed by atoms with Gasteiger partial charge in [-0.05, 0) is 37.0 Å². The van der Waals surface area contributed by atoms with Gasteiger partial charge in [-0.1, -0.05) is 42.5 Å². The number of benzene rings is 2. The fraction of sp³-hybridized carbons (Fsp3) is 0.462. The van der Waals surface area contributed by atoms with Crippen molar-refractivity contribution in [2.75, 3.05) is 31.1 Å². The average Bonchev–Trinajstić information content (AvgIpc) is 3.56. The van der Waals surface area contributed by atoms with Gasteiger partial charge in [-0.25, -0.2) is 0 Å². The quantitative estimate of drug-likeness (QED) is 0.786. The topological polar surface area (TPSA) is 66.1 Å². The summed E-state index contributed by atoms with van der Waals surface area (Å²) in [6.07, 6.45) is 4.07. The Hall–Kier alpha value is -2.86. The molecular formula is C26H29N5. The summed E-state index contributed by atoms with van der Waals surface area (Å²) >= 11 is 0. The zero-order chi connectivity index (χ0) is 21.3. The fourth-order valence-electron chi connectivity index (χ4n) is 5.52. The van der Waals surface area contributed by atoms with E-state index in [4.69, 9.17) is 0 Å². The summed E-state index contributed by atoms with van der Waals surface area (Å²) in [6.45, 7) is 3.73. The van der Waals surface area contributed by atoms with Crippen LogP contribution in [0.5, 0.6) is 0 Å². The predicted molar refractivity (Wildman–Crippen MR) is 122 cm³/mol. The summed E-state index contributed by atoms with van der Waals surface area (Å²) in [7, 11) is 0. The van der Waals surface area contributed by atoms with Crippen LogP contribution in [-0.4, -0.2) is 48.7 Å². The summed E-state index contributed by atoms with van der Waals surface area (Å²) in [5.74, 6) is 0.671. The van der Waals surface area contributed by atoms with E-state index >= 15 is 0 Å². The number of para-hydroxylation sites is 1. The van der Waals surface area contributed by atoms with Gasteiger partial charge in [0.05, 0.1) is 29.3 Å². The SMILES string of the molecule is N#CCC1(N2CCC(NC3CC3c3ccccc3)CC2)CN(c2ccccc2C#N)C1. The third-order valence-corrected chi connectivity index (χ3v) is 7.38. The Bertz CT molecular complexity index is 990. The average molecular weight is 412 g/mol. The first kappa shape index (κ1) is 20.1. The third kappa shape index (κ3) is 3.92. The van der Waals surface area contributed by atoms with E-state index in [1.54, 1.807) is 0 Å². The smallest absolute Gasteiger partial charge is 0.101 e. The van der Waals surface area contributed by atoms with E-state index in [1.807, 2.05) is 24.3 Å². The highest BCUT2D eigenvalue weighted by molar-refractivity contribution is 5.62. The van der Waals surface area contributed by atoms with Crippen LogP contribution in [-0.2, 0) is 0 Å². The van der Waals surface area contributed by atoms with Gasteiger partial charge in [0.1, 0.15) is 6.07 Å². The van der Waals surface area contributed by atoms with Gasteiger partial charge in [-0.2, -0.15) is 10.5 Å². The highest BCUT2D eigenvalue weighted by Gasteiger charge is 2.49. The molecule has 158 valence electrons. The predicted octanol–water partition coefficient (Wildman–Crippen LogP) is 3.64. The molecule has 0 amide bonds. The lowest BCUT2D eigenvalue weighted by Crippen LogP contribution is -2.71. The van der Waals surface area contributed by atoms with Crippen LogP contribution in [0.25, 0.3) is 0 Å².